The summed E-state index contributed by atoms with van der Waals surface area (Å²) in [6.45, 7) is 3.45. The molecule has 64 valence electrons. The third kappa shape index (κ3) is 2.53. The number of nitrogens with zero attached hydrogens (tertiary/aromatic N) is 2. The summed E-state index contributed by atoms with van der Waals surface area (Å²) in [5, 5.41) is 12.0. The molecule has 1 atom stereocenters. The molecule has 0 aromatic heterocycles. The lowest BCUT2D eigenvalue weighted by Gasteiger charge is -2.21. The van der Waals surface area contributed by atoms with Crippen LogP contribution in [0.2, 0.25) is 0 Å². The van der Waals surface area contributed by atoms with Crippen molar-refractivity contribution in [3.05, 3.63) is 4.91 Å². The number of hydrogen-bond donors (Lipinski definition) is 1. The van der Waals surface area contributed by atoms with Crippen molar-refractivity contribution < 1.29 is 9.90 Å². The molecule has 0 saturated carbocycles. The van der Waals surface area contributed by atoms with Gasteiger partial charge in [-0.1, -0.05) is 13.8 Å². The summed E-state index contributed by atoms with van der Waals surface area (Å²) in [5.74, 6) is -1.16. The molecule has 5 heteroatoms. The molecule has 0 radical (unpaired) electrons. The highest BCUT2D eigenvalue weighted by Crippen LogP contribution is 2.08. The van der Waals surface area contributed by atoms with E-state index in [-0.39, 0.29) is 5.92 Å². The SMILES string of the molecule is CC(C)C(C(=O)O)N(C)N=O. The second kappa shape index (κ2) is 3.90. The Bertz CT molecular complexity index is 158. The van der Waals surface area contributed by atoms with Crippen molar-refractivity contribution >= 4 is 5.97 Å². The van der Waals surface area contributed by atoms with E-state index in [1.54, 1.807) is 13.8 Å². The maximum Gasteiger partial charge on any atom is 0.328 e. The normalized spacial score (nSPS) is 12.7. The summed E-state index contributed by atoms with van der Waals surface area (Å²) in [4.78, 5) is 20.5. The average molecular weight is 160 g/mol. The Morgan fingerprint density at radius 3 is 2.09 bits per heavy atom. The first kappa shape index (κ1) is 9.87. The largest absolute Gasteiger partial charge is 0.480 e. The lowest BCUT2D eigenvalue weighted by molar-refractivity contribution is -0.144. The summed E-state index contributed by atoms with van der Waals surface area (Å²) < 4.78 is 0. The van der Waals surface area contributed by atoms with Crippen LogP contribution in [0.3, 0.4) is 0 Å². The van der Waals surface area contributed by atoms with Crippen molar-refractivity contribution in [3.8, 4) is 0 Å². The highest BCUT2D eigenvalue weighted by Gasteiger charge is 2.25. The summed E-state index contributed by atoms with van der Waals surface area (Å²) in [5.41, 5.74) is 0. The Morgan fingerprint density at radius 2 is 2.00 bits per heavy atom. The number of carbonyl (C=O) groups is 1. The van der Waals surface area contributed by atoms with Crippen LogP contribution in [-0.2, 0) is 4.79 Å². The Hall–Kier alpha value is -1.13. The molecule has 0 aromatic rings. The molecule has 1 unspecified atom stereocenters. The molecule has 0 aliphatic carbocycles. The van der Waals surface area contributed by atoms with Crippen molar-refractivity contribution in [3.63, 3.8) is 0 Å². The summed E-state index contributed by atoms with van der Waals surface area (Å²) >= 11 is 0. The Balaban J connectivity index is 4.33. The quantitative estimate of drug-likeness (QED) is 0.485. The van der Waals surface area contributed by atoms with E-state index in [0.29, 0.717) is 0 Å². The van der Waals surface area contributed by atoms with Crippen molar-refractivity contribution in [1.29, 1.82) is 0 Å². The van der Waals surface area contributed by atoms with E-state index in [4.69, 9.17) is 5.11 Å². The topological polar surface area (TPSA) is 70.0 Å². The molecule has 1 N–H and O–H groups in total. The van der Waals surface area contributed by atoms with Crippen LogP contribution in [0.15, 0.2) is 5.29 Å². The fourth-order valence-corrected chi connectivity index (χ4v) is 0.927. The van der Waals surface area contributed by atoms with Crippen LogP contribution in [0.4, 0.5) is 0 Å². The van der Waals surface area contributed by atoms with Gasteiger partial charge in [0.1, 0.15) is 6.04 Å². The Morgan fingerprint density at radius 1 is 1.55 bits per heavy atom. The van der Waals surface area contributed by atoms with Crippen LogP contribution in [0, 0.1) is 10.8 Å². The molecule has 0 aromatic carbocycles. The van der Waals surface area contributed by atoms with Crippen molar-refractivity contribution in [2.75, 3.05) is 7.05 Å². The lowest BCUT2D eigenvalue weighted by Crippen LogP contribution is -2.38. The van der Waals surface area contributed by atoms with Crippen LogP contribution in [0.25, 0.3) is 0 Å². The van der Waals surface area contributed by atoms with E-state index in [1.165, 1.54) is 7.05 Å². The van der Waals surface area contributed by atoms with Gasteiger partial charge in [-0.3, -0.25) is 0 Å². The number of carboxylic acid groups (broad SMARTS) is 1. The smallest absolute Gasteiger partial charge is 0.328 e. The second-order valence-electron chi connectivity index (χ2n) is 2.68. The first-order valence-corrected chi connectivity index (χ1v) is 3.29. The molecule has 11 heavy (non-hydrogen) atoms. The number of likely N-dealkylation sites (N-methyl/N-ethyl adjacent to an activating group) is 1. The van der Waals surface area contributed by atoms with E-state index in [2.05, 4.69) is 5.29 Å². The van der Waals surface area contributed by atoms with E-state index in [0.717, 1.165) is 5.01 Å². The monoisotopic (exact) mass is 160 g/mol. The van der Waals surface area contributed by atoms with Gasteiger partial charge in [-0.05, 0) is 5.92 Å². The van der Waals surface area contributed by atoms with Crippen LogP contribution in [0.5, 0.6) is 0 Å². The van der Waals surface area contributed by atoms with Gasteiger partial charge in [0.2, 0.25) is 0 Å². The van der Waals surface area contributed by atoms with Gasteiger partial charge in [0, 0.05) is 7.05 Å². The van der Waals surface area contributed by atoms with Crippen molar-refractivity contribution in [2.45, 2.75) is 19.9 Å². The maximum absolute atomic E-state index is 10.5. The van der Waals surface area contributed by atoms with Gasteiger partial charge >= 0.3 is 5.97 Å². The predicted molar refractivity (Wildman–Crippen MR) is 39.8 cm³/mol. The van der Waals surface area contributed by atoms with Crippen LogP contribution >= 0.6 is 0 Å². The van der Waals surface area contributed by atoms with Gasteiger partial charge in [-0.2, -0.15) is 0 Å². The third-order valence-corrected chi connectivity index (χ3v) is 1.42. The number of rotatable bonds is 4. The van der Waals surface area contributed by atoms with Gasteiger partial charge < -0.3 is 5.11 Å². The van der Waals surface area contributed by atoms with E-state index >= 15 is 0 Å². The molecule has 0 fully saturated rings. The number of carboxylic acids is 1. The number of aliphatic carboxylic acids is 1. The van der Waals surface area contributed by atoms with E-state index in [9.17, 15) is 9.70 Å². The van der Waals surface area contributed by atoms with Gasteiger partial charge in [0.05, 0.1) is 5.29 Å². The highest BCUT2D eigenvalue weighted by molar-refractivity contribution is 5.73. The Labute approximate surface area is 64.9 Å². The zero-order valence-electron chi connectivity index (χ0n) is 6.81. The molecule has 0 aliphatic heterocycles. The summed E-state index contributed by atoms with van der Waals surface area (Å²) in [6.07, 6.45) is 0. The summed E-state index contributed by atoms with van der Waals surface area (Å²) in [6, 6.07) is -0.826. The van der Waals surface area contributed by atoms with Crippen molar-refractivity contribution in [1.82, 2.24) is 5.01 Å². The standard InChI is InChI=1S/C6H12N2O3/c1-4(2)5(6(9)10)8(3)7-11/h4-5H,1-3H3,(H,9,10). The summed E-state index contributed by atoms with van der Waals surface area (Å²) in [7, 11) is 1.35. The van der Waals surface area contributed by atoms with Crippen molar-refractivity contribution in [2.24, 2.45) is 11.2 Å². The fraction of sp³-hybridized carbons (Fsp3) is 0.833. The van der Waals surface area contributed by atoms with Gasteiger partial charge in [-0.25, -0.2) is 9.80 Å². The van der Waals surface area contributed by atoms with Crippen LogP contribution in [-0.4, -0.2) is 29.2 Å². The molecular weight excluding hydrogens is 148 g/mol. The molecule has 5 nitrogen and oxygen atoms in total. The minimum absolute atomic E-state index is 0.129. The molecule has 0 amide bonds. The zero-order valence-corrected chi connectivity index (χ0v) is 6.81. The fourth-order valence-electron chi connectivity index (χ4n) is 0.927. The van der Waals surface area contributed by atoms with E-state index in [1.807, 2.05) is 0 Å². The maximum atomic E-state index is 10.5. The first-order chi connectivity index (χ1) is 5.00. The molecule has 0 aliphatic rings. The van der Waals surface area contributed by atoms with Gasteiger partial charge in [0.25, 0.3) is 0 Å². The molecule has 0 heterocycles. The predicted octanol–water partition coefficient (Wildman–Crippen LogP) is 0.709. The highest BCUT2D eigenvalue weighted by atomic mass is 16.4. The van der Waals surface area contributed by atoms with Crippen LogP contribution in [0.1, 0.15) is 13.8 Å². The van der Waals surface area contributed by atoms with E-state index < -0.39 is 12.0 Å². The molecule has 0 saturated heterocycles. The minimum atomic E-state index is -1.03. The average Bonchev–Trinajstić information content (AvgIpc) is 1.85. The number of hydrogen-bond acceptors (Lipinski definition) is 3. The van der Waals surface area contributed by atoms with Gasteiger partial charge in [0.15, 0.2) is 0 Å². The molecular formula is C6H12N2O3. The molecule has 0 spiro atoms. The molecule has 0 bridgehead atoms. The van der Waals surface area contributed by atoms with Crippen LogP contribution < -0.4 is 0 Å². The second-order valence-corrected chi connectivity index (χ2v) is 2.68. The third-order valence-electron chi connectivity index (χ3n) is 1.42. The number of nitroso groups, excluding NO2 is 1. The minimum Gasteiger partial charge on any atom is -0.480 e. The first-order valence-electron chi connectivity index (χ1n) is 3.29. The van der Waals surface area contributed by atoms with Gasteiger partial charge in [-0.15, -0.1) is 4.91 Å². The Kier molecular flexibility index (Phi) is 3.50. The lowest BCUT2D eigenvalue weighted by atomic mass is 10.1. The molecule has 0 rings (SSSR count). The zero-order chi connectivity index (χ0) is 9.02.